The average Bonchev–Trinajstić information content (AvgIpc) is 2.30. The van der Waals surface area contributed by atoms with Crippen LogP contribution >= 0.6 is 11.8 Å². The molecule has 0 aliphatic heterocycles. The van der Waals surface area contributed by atoms with Crippen LogP contribution in [-0.4, -0.2) is 23.2 Å². The van der Waals surface area contributed by atoms with Gasteiger partial charge in [-0.2, -0.15) is 0 Å². The number of nitrogens with zero attached hydrogens (tertiary/aromatic N) is 1. The van der Waals surface area contributed by atoms with Crippen LogP contribution < -0.4 is 5.84 Å². The van der Waals surface area contributed by atoms with Gasteiger partial charge < -0.3 is 0 Å². The zero-order valence-corrected chi connectivity index (χ0v) is 12.2. The normalized spacial score (nSPS) is 10.7. The van der Waals surface area contributed by atoms with E-state index < -0.39 is 0 Å². The topological polar surface area (TPSA) is 46.3 Å². The molecule has 0 saturated heterocycles. The highest BCUT2D eigenvalue weighted by molar-refractivity contribution is 7.99. The summed E-state index contributed by atoms with van der Waals surface area (Å²) in [4.78, 5) is 12.6. The lowest BCUT2D eigenvalue weighted by atomic mass is 10.1. The summed E-state index contributed by atoms with van der Waals surface area (Å²) in [6.07, 6.45) is 2.28. The largest absolute Gasteiger partial charge is 0.284 e. The minimum absolute atomic E-state index is 0.0121. The fourth-order valence-corrected chi connectivity index (χ4v) is 2.46. The highest BCUT2D eigenvalue weighted by atomic mass is 32.2. The Hall–Kier alpha value is -1.00. The highest BCUT2D eigenvalue weighted by Crippen LogP contribution is 2.23. The summed E-state index contributed by atoms with van der Waals surface area (Å²) in [7, 11) is 1.58. The van der Waals surface area contributed by atoms with E-state index in [2.05, 4.69) is 38.1 Å². The van der Waals surface area contributed by atoms with Gasteiger partial charge in [-0.1, -0.05) is 26.0 Å². The Kier molecular flexibility index (Phi) is 6.22. The number of aryl methyl sites for hydroxylation is 1. The van der Waals surface area contributed by atoms with E-state index in [1.54, 1.807) is 7.05 Å². The van der Waals surface area contributed by atoms with Crippen molar-refractivity contribution in [1.82, 2.24) is 5.01 Å². The first-order chi connectivity index (χ1) is 8.49. The van der Waals surface area contributed by atoms with Crippen LogP contribution in [0.3, 0.4) is 0 Å². The summed E-state index contributed by atoms with van der Waals surface area (Å²) in [6, 6.07) is 8.58. The minimum atomic E-state index is -0.0121. The molecule has 1 aromatic rings. The Balaban J connectivity index is 2.37. The van der Waals surface area contributed by atoms with E-state index in [1.807, 2.05) is 11.8 Å². The number of nitrogens with two attached hydrogens (primary N) is 1. The van der Waals surface area contributed by atoms with Crippen molar-refractivity contribution < 1.29 is 4.79 Å². The molecular weight excluding hydrogens is 244 g/mol. The third-order valence-electron chi connectivity index (χ3n) is 2.54. The molecule has 0 heterocycles. The molecule has 1 aromatic carbocycles. The molecule has 0 aliphatic rings. The number of hydrogen-bond donors (Lipinski definition) is 1. The Morgan fingerprint density at radius 3 is 2.44 bits per heavy atom. The molecular formula is C14H22N2OS. The van der Waals surface area contributed by atoms with Gasteiger partial charge in [-0.05, 0) is 30.5 Å². The Morgan fingerprint density at radius 1 is 1.33 bits per heavy atom. The third kappa shape index (κ3) is 5.56. The lowest BCUT2D eigenvalue weighted by Crippen LogP contribution is -2.32. The van der Waals surface area contributed by atoms with Crippen LogP contribution in [-0.2, 0) is 11.2 Å². The van der Waals surface area contributed by atoms with Gasteiger partial charge in [-0.25, -0.2) is 5.84 Å². The van der Waals surface area contributed by atoms with E-state index in [9.17, 15) is 4.79 Å². The Bertz CT molecular complexity index is 374. The van der Waals surface area contributed by atoms with E-state index in [0.717, 1.165) is 17.9 Å². The van der Waals surface area contributed by atoms with E-state index in [1.165, 1.54) is 10.5 Å². The van der Waals surface area contributed by atoms with E-state index >= 15 is 0 Å². The van der Waals surface area contributed by atoms with Crippen LogP contribution in [0.15, 0.2) is 29.2 Å². The maximum atomic E-state index is 11.3. The van der Waals surface area contributed by atoms with Crippen molar-refractivity contribution in [3.63, 3.8) is 0 Å². The molecule has 0 radical (unpaired) electrons. The zero-order chi connectivity index (χ0) is 13.5. The van der Waals surface area contributed by atoms with Crippen molar-refractivity contribution in [2.24, 2.45) is 5.84 Å². The maximum absolute atomic E-state index is 11.3. The molecule has 0 aliphatic carbocycles. The van der Waals surface area contributed by atoms with Crippen molar-refractivity contribution in [1.29, 1.82) is 0 Å². The summed E-state index contributed by atoms with van der Waals surface area (Å²) in [5, 5.41) is 1.76. The molecule has 100 valence electrons. The summed E-state index contributed by atoms with van der Waals surface area (Å²) in [5.74, 6) is 5.35. The van der Waals surface area contributed by atoms with Crippen LogP contribution in [0.25, 0.3) is 0 Å². The van der Waals surface area contributed by atoms with Crippen LogP contribution in [0, 0.1) is 0 Å². The number of thioether (sulfide) groups is 1. The van der Waals surface area contributed by atoms with Gasteiger partial charge >= 0.3 is 0 Å². The maximum Gasteiger partial charge on any atom is 0.236 e. The molecule has 0 atom stereocenters. The fraction of sp³-hybridized carbons (Fsp3) is 0.500. The van der Waals surface area contributed by atoms with Gasteiger partial charge in [-0.3, -0.25) is 9.80 Å². The smallest absolute Gasteiger partial charge is 0.236 e. The summed E-state index contributed by atoms with van der Waals surface area (Å²) < 4.78 is 0. The first-order valence-electron chi connectivity index (χ1n) is 6.26. The van der Waals surface area contributed by atoms with Crippen LogP contribution in [0.2, 0.25) is 0 Å². The molecule has 0 saturated carbocycles. The Morgan fingerprint density at radius 2 is 1.94 bits per heavy atom. The molecule has 0 bridgehead atoms. The molecule has 1 rings (SSSR count). The highest BCUT2D eigenvalue weighted by Gasteiger charge is 2.04. The zero-order valence-electron chi connectivity index (χ0n) is 11.3. The number of benzene rings is 1. The minimum Gasteiger partial charge on any atom is -0.284 e. The van der Waals surface area contributed by atoms with Gasteiger partial charge in [0, 0.05) is 23.6 Å². The standard InChI is InChI=1S/C14H22N2OS/c1-11(2)18-13-9-7-12(8-10-13)5-4-6-14(17)16(3)15/h7-11H,4-6,15H2,1-3H3. The molecule has 1 amide bonds. The predicted molar refractivity (Wildman–Crippen MR) is 77.3 cm³/mol. The van der Waals surface area contributed by atoms with Gasteiger partial charge in [0.15, 0.2) is 0 Å². The number of carbonyl (C=O) groups is 1. The number of rotatable bonds is 6. The van der Waals surface area contributed by atoms with E-state index in [-0.39, 0.29) is 5.91 Å². The summed E-state index contributed by atoms with van der Waals surface area (Å²) in [6.45, 7) is 4.38. The van der Waals surface area contributed by atoms with Crippen molar-refractivity contribution in [3.8, 4) is 0 Å². The van der Waals surface area contributed by atoms with E-state index in [0.29, 0.717) is 11.7 Å². The molecule has 3 nitrogen and oxygen atoms in total. The molecule has 2 N–H and O–H groups in total. The van der Waals surface area contributed by atoms with Gasteiger partial charge in [0.1, 0.15) is 0 Å². The predicted octanol–water partition coefficient (Wildman–Crippen LogP) is 2.84. The molecule has 0 aromatic heterocycles. The average molecular weight is 266 g/mol. The van der Waals surface area contributed by atoms with Crippen molar-refractivity contribution >= 4 is 17.7 Å². The molecule has 0 spiro atoms. The van der Waals surface area contributed by atoms with Crippen molar-refractivity contribution in [2.75, 3.05) is 7.05 Å². The van der Waals surface area contributed by atoms with Crippen LogP contribution in [0.4, 0.5) is 0 Å². The first-order valence-corrected chi connectivity index (χ1v) is 7.14. The number of amides is 1. The summed E-state index contributed by atoms with van der Waals surface area (Å²) >= 11 is 1.86. The number of hydrazine groups is 1. The van der Waals surface area contributed by atoms with Crippen molar-refractivity contribution in [2.45, 2.75) is 43.3 Å². The second kappa shape index (κ2) is 7.44. The Labute approximate surface area is 114 Å². The second-order valence-corrected chi connectivity index (χ2v) is 6.32. The number of hydrogen-bond acceptors (Lipinski definition) is 3. The molecule has 18 heavy (non-hydrogen) atoms. The van der Waals surface area contributed by atoms with Crippen LogP contribution in [0.5, 0.6) is 0 Å². The molecule has 4 heteroatoms. The monoisotopic (exact) mass is 266 g/mol. The lowest BCUT2D eigenvalue weighted by Gasteiger charge is -2.09. The number of carbonyl (C=O) groups excluding carboxylic acids is 1. The molecule has 0 unspecified atom stereocenters. The fourth-order valence-electron chi connectivity index (χ4n) is 1.63. The lowest BCUT2D eigenvalue weighted by molar-refractivity contribution is -0.130. The second-order valence-electron chi connectivity index (χ2n) is 4.67. The van der Waals surface area contributed by atoms with Crippen molar-refractivity contribution in [3.05, 3.63) is 29.8 Å². The third-order valence-corrected chi connectivity index (χ3v) is 3.56. The van der Waals surface area contributed by atoms with Gasteiger partial charge in [0.25, 0.3) is 0 Å². The summed E-state index contributed by atoms with van der Waals surface area (Å²) in [5.41, 5.74) is 1.27. The van der Waals surface area contributed by atoms with Gasteiger partial charge in [-0.15, -0.1) is 11.8 Å². The SMILES string of the molecule is CC(C)Sc1ccc(CCCC(=O)N(C)N)cc1. The first kappa shape index (κ1) is 15.1. The van der Waals surface area contributed by atoms with Crippen LogP contribution in [0.1, 0.15) is 32.3 Å². The van der Waals surface area contributed by atoms with E-state index in [4.69, 9.17) is 5.84 Å². The van der Waals surface area contributed by atoms with Gasteiger partial charge in [0.2, 0.25) is 5.91 Å². The quantitative estimate of drug-likeness (QED) is 0.373. The molecule has 0 fully saturated rings. The van der Waals surface area contributed by atoms with Gasteiger partial charge in [0.05, 0.1) is 0 Å².